The highest BCUT2D eigenvalue weighted by atomic mass is 16.5. The molecule has 0 atom stereocenters. The fourth-order valence-corrected chi connectivity index (χ4v) is 3.36. The van der Waals surface area contributed by atoms with Crippen molar-refractivity contribution in [1.82, 2.24) is 19.9 Å². The van der Waals surface area contributed by atoms with E-state index in [2.05, 4.69) is 14.9 Å². The Bertz CT molecular complexity index is 1140. The number of pyridine rings is 1. The van der Waals surface area contributed by atoms with Crippen LogP contribution in [0.1, 0.15) is 22.6 Å². The summed E-state index contributed by atoms with van der Waals surface area (Å²) in [6.45, 7) is 1.65. The van der Waals surface area contributed by atoms with Crippen molar-refractivity contribution >= 4 is 16.9 Å². The second-order valence-corrected chi connectivity index (χ2v) is 6.96. The minimum absolute atomic E-state index is 0.149. The number of rotatable bonds is 9. The minimum Gasteiger partial charge on any atom is -0.497 e. The third kappa shape index (κ3) is 5.01. The standard InChI is InChI=1S/C24H24N4O3/c1-30-19-7-9-20(10-8-19)31-16-4-15-28-22-6-3-2-5-21(22)27-23(28)17-26-24(29)18-11-13-25-14-12-18/h2-3,5-14H,4,15-17H2,1H3,(H,26,29). The fourth-order valence-electron chi connectivity index (χ4n) is 3.36. The first-order chi connectivity index (χ1) is 15.2. The molecule has 7 nitrogen and oxygen atoms in total. The van der Waals surface area contributed by atoms with Crippen molar-refractivity contribution in [1.29, 1.82) is 0 Å². The topological polar surface area (TPSA) is 78.3 Å². The number of nitrogens with zero attached hydrogens (tertiary/aromatic N) is 3. The summed E-state index contributed by atoms with van der Waals surface area (Å²) in [5.41, 5.74) is 2.53. The summed E-state index contributed by atoms with van der Waals surface area (Å²) < 4.78 is 13.2. The second-order valence-electron chi connectivity index (χ2n) is 6.96. The van der Waals surface area contributed by atoms with E-state index >= 15 is 0 Å². The lowest BCUT2D eigenvalue weighted by Crippen LogP contribution is -2.25. The Labute approximate surface area is 180 Å². The van der Waals surface area contributed by atoms with Crippen LogP contribution in [0.2, 0.25) is 0 Å². The van der Waals surface area contributed by atoms with Gasteiger partial charge in [0.05, 0.1) is 31.3 Å². The van der Waals surface area contributed by atoms with Crippen molar-refractivity contribution in [3.63, 3.8) is 0 Å². The Hall–Kier alpha value is -3.87. The van der Waals surface area contributed by atoms with Gasteiger partial charge in [0, 0.05) is 24.5 Å². The lowest BCUT2D eigenvalue weighted by atomic mass is 10.2. The number of carbonyl (C=O) groups is 1. The number of aromatic nitrogens is 3. The van der Waals surface area contributed by atoms with Crippen LogP contribution in [0.25, 0.3) is 11.0 Å². The summed E-state index contributed by atoms with van der Waals surface area (Å²) in [4.78, 5) is 21.1. The van der Waals surface area contributed by atoms with Crippen molar-refractivity contribution in [3.8, 4) is 11.5 Å². The molecule has 0 unspecified atom stereocenters. The number of imidazole rings is 1. The van der Waals surface area contributed by atoms with E-state index in [9.17, 15) is 4.79 Å². The van der Waals surface area contributed by atoms with Crippen LogP contribution in [0, 0.1) is 0 Å². The normalized spacial score (nSPS) is 10.7. The van der Waals surface area contributed by atoms with Gasteiger partial charge in [0.2, 0.25) is 0 Å². The molecular formula is C24H24N4O3. The van der Waals surface area contributed by atoms with E-state index in [1.54, 1.807) is 31.6 Å². The van der Waals surface area contributed by atoms with Crippen molar-refractivity contribution in [2.24, 2.45) is 0 Å². The molecule has 4 aromatic rings. The number of nitrogens with one attached hydrogen (secondary N) is 1. The van der Waals surface area contributed by atoms with Crippen LogP contribution >= 0.6 is 0 Å². The molecule has 158 valence electrons. The summed E-state index contributed by atoms with van der Waals surface area (Å²) in [5.74, 6) is 2.27. The number of amides is 1. The molecule has 1 N–H and O–H groups in total. The summed E-state index contributed by atoms with van der Waals surface area (Å²) >= 11 is 0. The second kappa shape index (κ2) is 9.75. The highest BCUT2D eigenvalue weighted by Crippen LogP contribution is 2.19. The summed E-state index contributed by atoms with van der Waals surface area (Å²) in [5, 5.41) is 2.95. The molecular weight excluding hydrogens is 392 g/mol. The molecule has 7 heteroatoms. The molecule has 0 saturated carbocycles. The van der Waals surface area contributed by atoms with Crippen LogP contribution in [-0.4, -0.2) is 34.2 Å². The Kier molecular flexibility index (Phi) is 6.42. The van der Waals surface area contributed by atoms with Gasteiger partial charge in [0.25, 0.3) is 5.91 Å². The predicted octanol–water partition coefficient (Wildman–Crippen LogP) is 3.84. The Morgan fingerprint density at radius 1 is 1.00 bits per heavy atom. The zero-order valence-electron chi connectivity index (χ0n) is 17.3. The molecule has 0 aliphatic heterocycles. The number of aryl methyl sites for hydroxylation is 1. The van der Waals surface area contributed by atoms with Gasteiger partial charge in [-0.2, -0.15) is 0 Å². The molecule has 0 aliphatic carbocycles. The van der Waals surface area contributed by atoms with E-state index < -0.39 is 0 Å². The zero-order valence-corrected chi connectivity index (χ0v) is 17.3. The summed E-state index contributed by atoms with van der Waals surface area (Å²) in [6.07, 6.45) is 4.01. The molecule has 0 fully saturated rings. The molecule has 0 spiro atoms. The molecule has 4 rings (SSSR count). The highest BCUT2D eigenvalue weighted by molar-refractivity contribution is 5.93. The summed E-state index contributed by atoms with van der Waals surface area (Å²) in [7, 11) is 1.64. The number of carbonyl (C=O) groups excluding carboxylic acids is 1. The van der Waals surface area contributed by atoms with Gasteiger partial charge < -0.3 is 19.4 Å². The van der Waals surface area contributed by atoms with Crippen molar-refractivity contribution < 1.29 is 14.3 Å². The number of methoxy groups -OCH3 is 1. The molecule has 0 radical (unpaired) electrons. The van der Waals surface area contributed by atoms with Gasteiger partial charge >= 0.3 is 0 Å². The largest absolute Gasteiger partial charge is 0.497 e. The highest BCUT2D eigenvalue weighted by Gasteiger charge is 2.12. The van der Waals surface area contributed by atoms with E-state index in [-0.39, 0.29) is 5.91 Å². The smallest absolute Gasteiger partial charge is 0.251 e. The molecule has 2 heterocycles. The predicted molar refractivity (Wildman–Crippen MR) is 118 cm³/mol. The van der Waals surface area contributed by atoms with Gasteiger partial charge in [0.1, 0.15) is 17.3 Å². The number of fused-ring (bicyclic) bond motifs is 1. The van der Waals surface area contributed by atoms with Crippen LogP contribution < -0.4 is 14.8 Å². The van der Waals surface area contributed by atoms with Gasteiger partial charge in [-0.3, -0.25) is 9.78 Å². The van der Waals surface area contributed by atoms with E-state index in [0.717, 1.165) is 41.3 Å². The van der Waals surface area contributed by atoms with Gasteiger partial charge in [-0.05, 0) is 55.0 Å². The quantitative estimate of drug-likeness (QED) is 0.420. The van der Waals surface area contributed by atoms with Crippen molar-refractivity contribution in [3.05, 3.63) is 84.4 Å². The fraction of sp³-hybridized carbons (Fsp3) is 0.208. The summed E-state index contributed by atoms with van der Waals surface area (Å²) in [6, 6.07) is 18.9. The molecule has 1 amide bonds. The average molecular weight is 416 g/mol. The third-order valence-electron chi connectivity index (χ3n) is 4.94. The molecule has 2 aromatic carbocycles. The first kappa shape index (κ1) is 20.4. The first-order valence-corrected chi connectivity index (χ1v) is 10.1. The number of para-hydroxylation sites is 2. The van der Waals surface area contributed by atoms with E-state index in [1.165, 1.54) is 0 Å². The maximum absolute atomic E-state index is 12.4. The number of hydrogen-bond donors (Lipinski definition) is 1. The number of ether oxygens (including phenoxy) is 2. The molecule has 2 aromatic heterocycles. The van der Waals surface area contributed by atoms with E-state index in [1.807, 2.05) is 48.5 Å². The zero-order chi connectivity index (χ0) is 21.5. The number of hydrogen-bond acceptors (Lipinski definition) is 5. The average Bonchev–Trinajstić information content (AvgIpc) is 3.18. The lowest BCUT2D eigenvalue weighted by molar-refractivity contribution is 0.0949. The van der Waals surface area contributed by atoms with Gasteiger partial charge in [0.15, 0.2) is 0 Å². The maximum atomic E-state index is 12.4. The molecule has 0 saturated heterocycles. The van der Waals surface area contributed by atoms with Crippen LogP contribution in [0.3, 0.4) is 0 Å². The van der Waals surface area contributed by atoms with Gasteiger partial charge in [-0.15, -0.1) is 0 Å². The van der Waals surface area contributed by atoms with Crippen LogP contribution in [0.5, 0.6) is 11.5 Å². The van der Waals surface area contributed by atoms with Crippen LogP contribution in [-0.2, 0) is 13.1 Å². The van der Waals surface area contributed by atoms with E-state index in [0.29, 0.717) is 18.7 Å². The monoisotopic (exact) mass is 416 g/mol. The van der Waals surface area contributed by atoms with Gasteiger partial charge in [-0.1, -0.05) is 12.1 Å². The Morgan fingerprint density at radius 2 is 1.74 bits per heavy atom. The van der Waals surface area contributed by atoms with Gasteiger partial charge in [-0.25, -0.2) is 4.98 Å². The lowest BCUT2D eigenvalue weighted by Gasteiger charge is -2.11. The number of benzene rings is 2. The van der Waals surface area contributed by atoms with Crippen LogP contribution in [0.4, 0.5) is 0 Å². The van der Waals surface area contributed by atoms with Crippen molar-refractivity contribution in [2.45, 2.75) is 19.5 Å². The first-order valence-electron chi connectivity index (χ1n) is 10.1. The third-order valence-corrected chi connectivity index (χ3v) is 4.94. The maximum Gasteiger partial charge on any atom is 0.251 e. The van der Waals surface area contributed by atoms with Crippen LogP contribution in [0.15, 0.2) is 73.1 Å². The van der Waals surface area contributed by atoms with Crippen molar-refractivity contribution in [2.75, 3.05) is 13.7 Å². The van der Waals surface area contributed by atoms with E-state index in [4.69, 9.17) is 14.5 Å². The molecule has 0 aliphatic rings. The molecule has 31 heavy (non-hydrogen) atoms. The minimum atomic E-state index is -0.149. The SMILES string of the molecule is COc1ccc(OCCCn2c(CNC(=O)c3ccncc3)nc3ccccc32)cc1. The molecule has 0 bridgehead atoms. The Balaban J connectivity index is 1.40. The Morgan fingerprint density at radius 3 is 2.52 bits per heavy atom.